The van der Waals surface area contributed by atoms with E-state index in [1.165, 1.54) is 35.6 Å². The van der Waals surface area contributed by atoms with Crippen molar-refractivity contribution in [2.75, 3.05) is 6.54 Å². The quantitative estimate of drug-likeness (QED) is 0.518. The number of halogens is 2. The van der Waals surface area contributed by atoms with Gasteiger partial charge in [0.05, 0.1) is 25.2 Å². The first-order valence-corrected chi connectivity index (χ1v) is 12.9. The van der Waals surface area contributed by atoms with Crippen LogP contribution in [0, 0.1) is 0 Å². The van der Waals surface area contributed by atoms with Crippen LogP contribution in [0.2, 0.25) is 10.0 Å². The van der Waals surface area contributed by atoms with Crippen molar-refractivity contribution in [1.29, 1.82) is 0 Å². The highest BCUT2D eigenvalue weighted by atomic mass is 35.5. The number of aryl methyl sites for hydroxylation is 1. The van der Waals surface area contributed by atoms with E-state index in [0.717, 1.165) is 24.0 Å². The normalized spacial score (nSPS) is 18.6. The van der Waals surface area contributed by atoms with E-state index in [4.69, 9.17) is 23.2 Å². The molecule has 1 amide bonds. The van der Waals surface area contributed by atoms with Crippen LogP contribution in [-0.2, 0) is 17.1 Å². The van der Waals surface area contributed by atoms with Crippen LogP contribution in [0.15, 0.2) is 46.3 Å². The van der Waals surface area contributed by atoms with Crippen molar-refractivity contribution in [3.8, 4) is 0 Å². The number of nitrogens with zero attached hydrogens (tertiary/aromatic N) is 3. The molecule has 0 bridgehead atoms. The van der Waals surface area contributed by atoms with E-state index < -0.39 is 15.9 Å². The predicted molar refractivity (Wildman–Crippen MR) is 124 cm³/mol. The zero-order valence-electron chi connectivity index (χ0n) is 17.0. The Labute approximate surface area is 194 Å². The van der Waals surface area contributed by atoms with Gasteiger partial charge in [0.2, 0.25) is 10.0 Å². The van der Waals surface area contributed by atoms with E-state index in [1.54, 1.807) is 28.1 Å². The van der Waals surface area contributed by atoms with Gasteiger partial charge >= 0.3 is 0 Å². The van der Waals surface area contributed by atoms with Gasteiger partial charge in [-0.3, -0.25) is 4.79 Å². The molecular formula is C21H21Cl2N3O3S2. The van der Waals surface area contributed by atoms with E-state index in [9.17, 15) is 13.2 Å². The minimum atomic E-state index is -3.59. The standard InChI is InChI=1S/C21H21Cl2N3O3S2/c1-13-5-3-4-12-26(13)31(28,29)15-8-6-14(7-9-15)20(27)24-21-25(2)18-16(22)10-11-17(23)19(18)30-21/h6-11,13H,3-5,12H2,1-2H3. The number of thiazole rings is 1. The van der Waals surface area contributed by atoms with E-state index in [0.29, 0.717) is 32.5 Å². The van der Waals surface area contributed by atoms with Gasteiger partial charge < -0.3 is 4.57 Å². The number of carbonyl (C=O) groups excluding carboxylic acids is 1. The molecule has 164 valence electrons. The van der Waals surface area contributed by atoms with Crippen LogP contribution in [0.3, 0.4) is 0 Å². The molecule has 0 radical (unpaired) electrons. The lowest BCUT2D eigenvalue weighted by molar-refractivity contribution is 0.0998. The van der Waals surface area contributed by atoms with Crippen molar-refractivity contribution in [3.63, 3.8) is 0 Å². The van der Waals surface area contributed by atoms with E-state index in [1.807, 2.05) is 6.92 Å². The molecule has 2 aromatic carbocycles. The van der Waals surface area contributed by atoms with Gasteiger partial charge in [0.15, 0.2) is 4.80 Å². The van der Waals surface area contributed by atoms with E-state index >= 15 is 0 Å². The Morgan fingerprint density at radius 3 is 2.42 bits per heavy atom. The average Bonchev–Trinajstić information content (AvgIpc) is 3.08. The third-order valence-corrected chi connectivity index (χ3v) is 9.42. The van der Waals surface area contributed by atoms with Crippen molar-refractivity contribution >= 4 is 60.7 Å². The first-order valence-electron chi connectivity index (χ1n) is 9.84. The molecule has 10 heteroatoms. The molecule has 1 aliphatic heterocycles. The molecule has 31 heavy (non-hydrogen) atoms. The smallest absolute Gasteiger partial charge is 0.279 e. The molecule has 0 N–H and O–H groups in total. The van der Waals surface area contributed by atoms with Gasteiger partial charge in [-0.2, -0.15) is 9.30 Å². The summed E-state index contributed by atoms with van der Waals surface area (Å²) >= 11 is 13.8. The molecule has 1 unspecified atom stereocenters. The number of hydrogen-bond donors (Lipinski definition) is 0. The van der Waals surface area contributed by atoms with Gasteiger partial charge in [0, 0.05) is 25.2 Å². The molecular weight excluding hydrogens is 477 g/mol. The van der Waals surface area contributed by atoms with Crippen molar-refractivity contribution < 1.29 is 13.2 Å². The number of carbonyl (C=O) groups is 1. The Hall–Kier alpha value is -1.71. The number of aromatic nitrogens is 1. The Kier molecular flexibility index (Phi) is 6.29. The third kappa shape index (κ3) is 4.19. The maximum atomic E-state index is 13.0. The van der Waals surface area contributed by atoms with Crippen LogP contribution in [0.1, 0.15) is 36.5 Å². The van der Waals surface area contributed by atoms with Gasteiger partial charge in [0.1, 0.15) is 0 Å². The second-order valence-corrected chi connectivity index (χ2v) is 11.2. The molecule has 4 rings (SSSR count). The average molecular weight is 498 g/mol. The number of sulfonamides is 1. The topological polar surface area (TPSA) is 71.7 Å². The van der Waals surface area contributed by atoms with E-state index in [-0.39, 0.29) is 10.9 Å². The largest absolute Gasteiger partial charge is 0.318 e. The summed E-state index contributed by atoms with van der Waals surface area (Å²) in [4.78, 5) is 17.6. The summed E-state index contributed by atoms with van der Waals surface area (Å²) in [6.07, 6.45) is 2.75. The first kappa shape index (κ1) is 22.5. The highest BCUT2D eigenvalue weighted by molar-refractivity contribution is 7.89. The highest BCUT2D eigenvalue weighted by Crippen LogP contribution is 2.31. The SMILES string of the molecule is CC1CCCCN1S(=O)(=O)c1ccc(C(=O)N=c2sc3c(Cl)ccc(Cl)c3n2C)cc1. The summed E-state index contributed by atoms with van der Waals surface area (Å²) in [6, 6.07) is 9.32. The zero-order valence-corrected chi connectivity index (χ0v) is 20.2. The summed E-state index contributed by atoms with van der Waals surface area (Å²) in [6.45, 7) is 2.45. The number of piperidine rings is 1. The van der Waals surface area contributed by atoms with E-state index in [2.05, 4.69) is 4.99 Å². The molecule has 1 aliphatic rings. The fourth-order valence-electron chi connectivity index (χ4n) is 3.77. The summed E-state index contributed by atoms with van der Waals surface area (Å²) in [5.41, 5.74) is 1.02. The number of hydrogen-bond acceptors (Lipinski definition) is 4. The molecule has 0 spiro atoms. The Morgan fingerprint density at radius 2 is 1.77 bits per heavy atom. The molecule has 2 heterocycles. The third-order valence-electron chi connectivity index (χ3n) is 5.50. The molecule has 3 aromatic rings. The van der Waals surface area contributed by atoms with Crippen LogP contribution in [0.4, 0.5) is 0 Å². The minimum Gasteiger partial charge on any atom is -0.318 e. The zero-order chi connectivity index (χ0) is 22.3. The minimum absolute atomic E-state index is 0.0262. The van der Waals surface area contributed by atoms with Crippen LogP contribution < -0.4 is 4.80 Å². The summed E-state index contributed by atoms with van der Waals surface area (Å²) in [5.74, 6) is -0.468. The van der Waals surface area contributed by atoms with Crippen LogP contribution in [0.25, 0.3) is 10.2 Å². The van der Waals surface area contributed by atoms with Gasteiger partial charge in [-0.25, -0.2) is 8.42 Å². The molecule has 1 atom stereocenters. The van der Waals surface area contributed by atoms with Crippen molar-refractivity contribution in [2.24, 2.45) is 12.0 Å². The molecule has 1 fully saturated rings. The Morgan fingerprint density at radius 1 is 1.10 bits per heavy atom. The molecule has 0 aliphatic carbocycles. The predicted octanol–water partition coefficient (Wildman–Crippen LogP) is 4.85. The number of rotatable bonds is 3. The summed E-state index contributed by atoms with van der Waals surface area (Å²) < 4.78 is 30.0. The number of benzene rings is 2. The maximum absolute atomic E-state index is 13.0. The molecule has 6 nitrogen and oxygen atoms in total. The summed E-state index contributed by atoms with van der Waals surface area (Å²) in [5, 5.41) is 1.06. The molecule has 1 saturated heterocycles. The maximum Gasteiger partial charge on any atom is 0.279 e. The molecule has 0 saturated carbocycles. The van der Waals surface area contributed by atoms with Crippen LogP contribution in [0.5, 0.6) is 0 Å². The number of amides is 1. The highest BCUT2D eigenvalue weighted by Gasteiger charge is 2.30. The van der Waals surface area contributed by atoms with Crippen LogP contribution >= 0.6 is 34.5 Å². The second kappa shape index (κ2) is 8.67. The summed E-state index contributed by atoms with van der Waals surface area (Å²) in [7, 11) is -1.82. The van der Waals surface area contributed by atoms with Gasteiger partial charge in [-0.15, -0.1) is 0 Å². The van der Waals surface area contributed by atoms with Gasteiger partial charge in [-0.1, -0.05) is 41.0 Å². The lowest BCUT2D eigenvalue weighted by Gasteiger charge is -2.32. The van der Waals surface area contributed by atoms with Crippen molar-refractivity contribution in [2.45, 2.75) is 37.1 Å². The fourth-order valence-corrected chi connectivity index (χ4v) is 7.13. The Bertz CT molecular complexity index is 1330. The van der Waals surface area contributed by atoms with Crippen LogP contribution in [-0.4, -0.2) is 35.8 Å². The fraction of sp³-hybridized carbons (Fsp3) is 0.333. The monoisotopic (exact) mass is 497 g/mol. The first-order chi connectivity index (χ1) is 14.7. The Balaban J connectivity index is 1.65. The van der Waals surface area contributed by atoms with Crippen molar-refractivity contribution in [1.82, 2.24) is 8.87 Å². The molecule has 1 aromatic heterocycles. The number of fused-ring (bicyclic) bond motifs is 1. The second-order valence-electron chi connectivity index (χ2n) is 7.55. The lowest BCUT2D eigenvalue weighted by atomic mass is 10.1. The van der Waals surface area contributed by atoms with Gasteiger partial charge in [-0.05, 0) is 56.2 Å². The van der Waals surface area contributed by atoms with Gasteiger partial charge in [0.25, 0.3) is 5.91 Å². The van der Waals surface area contributed by atoms with Crippen molar-refractivity contribution in [3.05, 3.63) is 56.8 Å². The lowest BCUT2D eigenvalue weighted by Crippen LogP contribution is -2.41.